The molecule has 2 rings (SSSR count). The van der Waals surface area contributed by atoms with E-state index in [1.807, 2.05) is 0 Å². The fourth-order valence-corrected chi connectivity index (χ4v) is 3.15. The monoisotopic (exact) mass is 370 g/mol. The number of esters is 2. The molecule has 0 N–H and O–H groups in total. The van der Waals surface area contributed by atoms with Gasteiger partial charge in [-0.25, -0.2) is 0 Å². The number of carbonyl (C=O) groups excluding carboxylic acids is 2. The van der Waals surface area contributed by atoms with Crippen LogP contribution < -0.4 is 0 Å². The van der Waals surface area contributed by atoms with Gasteiger partial charge in [-0.15, -0.1) is 24.8 Å². The molecule has 0 amide bonds. The van der Waals surface area contributed by atoms with Crippen LogP contribution in [0.25, 0.3) is 0 Å². The number of hydrogen-bond acceptors (Lipinski definition) is 6. The van der Waals surface area contributed by atoms with E-state index in [0.29, 0.717) is 0 Å². The Morgan fingerprint density at radius 3 is 1.74 bits per heavy atom. The Morgan fingerprint density at radius 1 is 0.957 bits per heavy atom. The molecule has 8 heteroatoms. The minimum absolute atomic E-state index is 0. The number of ether oxygens (including phenoxy) is 2. The van der Waals surface area contributed by atoms with Crippen LogP contribution in [0.3, 0.4) is 0 Å². The Labute approximate surface area is 150 Å². The van der Waals surface area contributed by atoms with Crippen LogP contribution in [0, 0.1) is 5.92 Å². The summed E-state index contributed by atoms with van der Waals surface area (Å²) in [5.74, 6) is -1.68. The molecule has 136 valence electrons. The molecule has 2 aliphatic rings. The van der Waals surface area contributed by atoms with E-state index in [9.17, 15) is 9.59 Å². The number of nitrogens with zero attached hydrogens (tertiary/aromatic N) is 2. The Morgan fingerprint density at radius 2 is 1.39 bits per heavy atom. The lowest BCUT2D eigenvalue weighted by molar-refractivity contribution is -0.166. The van der Waals surface area contributed by atoms with Crippen molar-refractivity contribution in [3.8, 4) is 0 Å². The highest BCUT2D eigenvalue weighted by Gasteiger charge is 2.60. The van der Waals surface area contributed by atoms with Gasteiger partial charge in [-0.3, -0.25) is 14.5 Å². The van der Waals surface area contributed by atoms with Crippen LogP contribution in [0.4, 0.5) is 0 Å². The highest BCUT2D eigenvalue weighted by molar-refractivity contribution is 5.97. The minimum atomic E-state index is -0.805. The molecule has 0 atom stereocenters. The van der Waals surface area contributed by atoms with E-state index in [0.717, 1.165) is 39.0 Å². The van der Waals surface area contributed by atoms with Crippen LogP contribution in [0.5, 0.6) is 0 Å². The van der Waals surface area contributed by atoms with E-state index >= 15 is 0 Å². The van der Waals surface area contributed by atoms with Gasteiger partial charge in [0.05, 0.1) is 13.2 Å². The van der Waals surface area contributed by atoms with Crippen molar-refractivity contribution in [2.45, 2.75) is 32.2 Å². The van der Waals surface area contributed by atoms with Gasteiger partial charge in [-0.05, 0) is 33.7 Å². The Kier molecular flexibility index (Phi) is 9.43. The van der Waals surface area contributed by atoms with Gasteiger partial charge in [0.25, 0.3) is 0 Å². The van der Waals surface area contributed by atoms with Gasteiger partial charge in [-0.2, -0.15) is 0 Å². The summed E-state index contributed by atoms with van der Waals surface area (Å²) >= 11 is 0. The van der Waals surface area contributed by atoms with Crippen LogP contribution in [0.15, 0.2) is 0 Å². The van der Waals surface area contributed by atoms with Crippen LogP contribution in [-0.4, -0.2) is 73.7 Å². The maximum Gasteiger partial charge on any atom is 0.322 e. The van der Waals surface area contributed by atoms with Crippen molar-refractivity contribution >= 4 is 36.8 Å². The van der Waals surface area contributed by atoms with Gasteiger partial charge >= 0.3 is 11.9 Å². The summed E-state index contributed by atoms with van der Waals surface area (Å²) < 4.78 is 10.3. The lowest BCUT2D eigenvalue weighted by Crippen LogP contribution is -2.56. The topological polar surface area (TPSA) is 59.1 Å². The van der Waals surface area contributed by atoms with Crippen molar-refractivity contribution in [1.29, 1.82) is 0 Å². The summed E-state index contributed by atoms with van der Waals surface area (Å²) in [6.45, 7) is 7.77. The fourth-order valence-electron chi connectivity index (χ4n) is 3.15. The maximum absolute atomic E-state index is 12.3. The highest BCUT2D eigenvalue weighted by Crippen LogP contribution is 2.49. The third-order valence-electron chi connectivity index (χ3n) is 4.48. The van der Waals surface area contributed by atoms with Gasteiger partial charge in [0.15, 0.2) is 5.92 Å². The molecule has 0 aromatic heterocycles. The molecule has 1 aliphatic heterocycles. The zero-order valence-corrected chi connectivity index (χ0v) is 15.7. The molecule has 23 heavy (non-hydrogen) atoms. The highest BCUT2D eigenvalue weighted by atomic mass is 35.5. The van der Waals surface area contributed by atoms with Crippen LogP contribution in [-0.2, 0) is 19.1 Å². The van der Waals surface area contributed by atoms with E-state index in [1.54, 1.807) is 13.8 Å². The predicted molar refractivity (Wildman–Crippen MR) is 92.3 cm³/mol. The SMILES string of the molecule is CCOC(=O)C(C(=O)OCC)C1(N2CCN(C)CC2)CC1.Cl.Cl. The van der Waals surface area contributed by atoms with Crippen molar-refractivity contribution < 1.29 is 19.1 Å². The van der Waals surface area contributed by atoms with Crippen LogP contribution >= 0.6 is 24.8 Å². The lowest BCUT2D eigenvalue weighted by atomic mass is 9.94. The van der Waals surface area contributed by atoms with Crippen LogP contribution in [0.2, 0.25) is 0 Å². The zero-order valence-electron chi connectivity index (χ0n) is 14.1. The molecule has 0 aromatic carbocycles. The van der Waals surface area contributed by atoms with Gasteiger partial charge in [-0.1, -0.05) is 0 Å². The summed E-state index contributed by atoms with van der Waals surface area (Å²) in [4.78, 5) is 29.1. The van der Waals surface area contributed by atoms with E-state index in [4.69, 9.17) is 9.47 Å². The second kappa shape index (κ2) is 9.67. The van der Waals surface area contributed by atoms with Gasteiger partial charge in [0.1, 0.15) is 0 Å². The molecule has 1 aliphatic carbocycles. The Bertz CT molecular complexity index is 379. The molecule has 0 unspecified atom stereocenters. The zero-order chi connectivity index (χ0) is 15.5. The maximum atomic E-state index is 12.3. The predicted octanol–water partition coefficient (Wildman–Crippen LogP) is 1.35. The first-order valence-electron chi connectivity index (χ1n) is 7.82. The van der Waals surface area contributed by atoms with Gasteiger partial charge in [0, 0.05) is 31.7 Å². The summed E-state index contributed by atoms with van der Waals surface area (Å²) in [5, 5.41) is 0. The molecule has 0 aromatic rings. The summed E-state index contributed by atoms with van der Waals surface area (Å²) in [5.41, 5.74) is -0.375. The third kappa shape index (κ3) is 4.95. The van der Waals surface area contributed by atoms with E-state index in [1.165, 1.54) is 0 Å². The van der Waals surface area contributed by atoms with Crippen molar-refractivity contribution in [2.75, 3.05) is 46.4 Å². The number of halogens is 2. The molecule has 0 radical (unpaired) electrons. The van der Waals surface area contributed by atoms with E-state index in [2.05, 4.69) is 16.8 Å². The fraction of sp³-hybridized carbons (Fsp3) is 0.867. The van der Waals surface area contributed by atoms with Crippen molar-refractivity contribution in [3.63, 3.8) is 0 Å². The van der Waals surface area contributed by atoms with Crippen molar-refractivity contribution in [3.05, 3.63) is 0 Å². The first-order valence-corrected chi connectivity index (χ1v) is 7.82. The molecular weight excluding hydrogens is 343 g/mol. The summed E-state index contributed by atoms with van der Waals surface area (Å²) in [7, 11) is 2.09. The summed E-state index contributed by atoms with van der Waals surface area (Å²) in [6.07, 6.45) is 1.72. The molecule has 0 spiro atoms. The van der Waals surface area contributed by atoms with E-state index < -0.39 is 17.9 Å². The lowest BCUT2D eigenvalue weighted by Gasteiger charge is -2.40. The Balaban J connectivity index is 0.00000242. The number of likely N-dealkylation sites (N-methyl/N-ethyl adjacent to an activating group) is 1. The van der Waals surface area contributed by atoms with Crippen LogP contribution in [0.1, 0.15) is 26.7 Å². The minimum Gasteiger partial charge on any atom is -0.465 e. The molecule has 1 saturated heterocycles. The molecule has 1 saturated carbocycles. The van der Waals surface area contributed by atoms with E-state index in [-0.39, 0.29) is 43.6 Å². The second-order valence-corrected chi connectivity index (χ2v) is 5.83. The van der Waals surface area contributed by atoms with Gasteiger partial charge < -0.3 is 14.4 Å². The molecule has 0 bridgehead atoms. The quantitative estimate of drug-likeness (QED) is 0.519. The van der Waals surface area contributed by atoms with Crippen molar-refractivity contribution in [2.24, 2.45) is 5.92 Å². The average molecular weight is 371 g/mol. The molecule has 6 nitrogen and oxygen atoms in total. The number of piperazine rings is 1. The number of carbonyl (C=O) groups is 2. The Hall–Kier alpha value is -0.560. The first-order chi connectivity index (χ1) is 10.0. The molecule has 2 fully saturated rings. The smallest absolute Gasteiger partial charge is 0.322 e. The van der Waals surface area contributed by atoms with Crippen molar-refractivity contribution in [1.82, 2.24) is 9.80 Å². The number of rotatable bonds is 6. The van der Waals surface area contributed by atoms with Gasteiger partial charge in [0.2, 0.25) is 0 Å². The average Bonchev–Trinajstić information content (AvgIpc) is 3.21. The largest absolute Gasteiger partial charge is 0.465 e. The summed E-state index contributed by atoms with van der Waals surface area (Å²) in [6, 6.07) is 0. The normalized spacial score (nSPS) is 20.2. The number of hydrogen-bond donors (Lipinski definition) is 0. The standard InChI is InChI=1S/C15H26N2O4.2ClH/c1-4-20-13(18)12(14(19)21-5-2)15(6-7-15)17-10-8-16(3)9-11-17;;/h12H,4-11H2,1-3H3;2*1H. The second-order valence-electron chi connectivity index (χ2n) is 5.83. The third-order valence-corrected chi connectivity index (χ3v) is 4.48. The molecule has 1 heterocycles. The first kappa shape index (κ1) is 22.4. The molecular formula is C15H28Cl2N2O4.